The number of aromatic hydroxyl groups is 1. The van der Waals surface area contributed by atoms with Gasteiger partial charge in [-0.2, -0.15) is 0 Å². The molecule has 2 aromatic rings. The maximum Gasteiger partial charge on any atom is 0.412 e. The van der Waals surface area contributed by atoms with Crippen molar-refractivity contribution in [3.05, 3.63) is 63.1 Å². The van der Waals surface area contributed by atoms with Crippen LogP contribution in [0, 0.1) is 5.92 Å². The lowest BCUT2D eigenvalue weighted by molar-refractivity contribution is -0.124. The van der Waals surface area contributed by atoms with E-state index in [1.165, 1.54) is 11.6 Å². The number of anilines is 1. The van der Waals surface area contributed by atoms with Crippen LogP contribution >= 0.6 is 43.6 Å². The summed E-state index contributed by atoms with van der Waals surface area (Å²) in [5.74, 6) is -1.33. The van der Waals surface area contributed by atoms with Crippen molar-refractivity contribution in [2.24, 2.45) is 5.92 Å². The number of rotatable bonds is 7. The Kier molecular flexibility index (Phi) is 9.22. The van der Waals surface area contributed by atoms with Crippen LogP contribution in [0.3, 0.4) is 0 Å². The Morgan fingerprint density at radius 2 is 1.87 bits per heavy atom. The summed E-state index contributed by atoms with van der Waals surface area (Å²) in [7, 11) is 0. The fourth-order valence-electron chi connectivity index (χ4n) is 2.57. The molecule has 0 radical (unpaired) electrons. The number of ether oxygens (including phenoxy) is 1. The van der Waals surface area contributed by atoms with Gasteiger partial charge in [-0.05, 0) is 58.6 Å². The zero-order valence-electron chi connectivity index (χ0n) is 16.1. The number of hydrogen-bond acceptors (Lipinski definition) is 6. The normalized spacial score (nSPS) is 13.0. The maximum absolute atomic E-state index is 12.5. The van der Waals surface area contributed by atoms with Gasteiger partial charge in [-0.1, -0.05) is 28.9 Å². The lowest BCUT2D eigenvalue weighted by atomic mass is 9.96. The van der Waals surface area contributed by atoms with Crippen molar-refractivity contribution in [1.29, 1.82) is 0 Å². The number of halogens is 2. The highest BCUT2D eigenvalue weighted by atomic mass is 79.9. The molecule has 0 saturated carbocycles. The van der Waals surface area contributed by atoms with Crippen LogP contribution in [-0.2, 0) is 9.53 Å². The van der Waals surface area contributed by atoms with Crippen LogP contribution in [0.15, 0.2) is 62.4 Å². The summed E-state index contributed by atoms with van der Waals surface area (Å²) < 4.78 is 6.69. The van der Waals surface area contributed by atoms with Crippen molar-refractivity contribution in [1.82, 2.24) is 5.48 Å². The second-order valence-corrected chi connectivity index (χ2v) is 8.85. The predicted molar refractivity (Wildman–Crippen MR) is 123 cm³/mol. The summed E-state index contributed by atoms with van der Waals surface area (Å²) >= 11 is 8.21. The first kappa shape index (κ1) is 24.3. The fourth-order valence-corrected chi connectivity index (χ4v) is 4.24. The highest BCUT2D eigenvalue weighted by Crippen LogP contribution is 2.40. The molecule has 0 aliphatic rings. The zero-order valence-corrected chi connectivity index (χ0v) is 20.0. The van der Waals surface area contributed by atoms with Crippen molar-refractivity contribution >= 4 is 61.3 Å². The average molecular weight is 560 g/mol. The van der Waals surface area contributed by atoms with E-state index >= 15 is 0 Å². The highest BCUT2D eigenvalue weighted by Gasteiger charge is 2.27. The minimum Gasteiger partial charge on any atom is -0.506 e. The van der Waals surface area contributed by atoms with Crippen molar-refractivity contribution < 1.29 is 24.6 Å². The topological polar surface area (TPSA) is 108 Å². The number of hydrogen-bond donors (Lipinski definition) is 4. The quantitative estimate of drug-likeness (QED) is 0.152. The molecular weight excluding hydrogens is 540 g/mol. The van der Waals surface area contributed by atoms with Gasteiger partial charge in [0, 0.05) is 32.6 Å². The lowest BCUT2D eigenvalue weighted by Crippen LogP contribution is -2.22. The molecule has 4 N–H and O–H groups in total. The number of benzene rings is 2. The first-order valence-corrected chi connectivity index (χ1v) is 11.5. The number of phenolic OH excluding ortho intramolecular Hbond substituents is 1. The second-order valence-electron chi connectivity index (χ2n) is 6.20. The van der Waals surface area contributed by atoms with E-state index < -0.39 is 24.0 Å². The van der Waals surface area contributed by atoms with Gasteiger partial charge >= 0.3 is 6.09 Å². The largest absolute Gasteiger partial charge is 0.506 e. The smallest absolute Gasteiger partial charge is 0.412 e. The summed E-state index contributed by atoms with van der Waals surface area (Å²) in [5, 5.41) is 21.8. The molecular formula is C20H20Br2N2O5S. The molecule has 0 unspecified atom stereocenters. The molecule has 0 saturated heterocycles. The van der Waals surface area contributed by atoms with E-state index in [0.717, 1.165) is 11.0 Å². The van der Waals surface area contributed by atoms with Crippen LogP contribution in [0.4, 0.5) is 10.5 Å². The van der Waals surface area contributed by atoms with Crippen LogP contribution in [-0.4, -0.2) is 28.6 Å². The van der Waals surface area contributed by atoms with Gasteiger partial charge in [0.05, 0.1) is 4.47 Å². The van der Waals surface area contributed by atoms with Crippen molar-refractivity contribution in [3.63, 3.8) is 0 Å². The van der Waals surface area contributed by atoms with Gasteiger partial charge in [-0.25, -0.2) is 10.3 Å². The second kappa shape index (κ2) is 11.4. The maximum atomic E-state index is 12.5. The summed E-state index contributed by atoms with van der Waals surface area (Å²) in [5.41, 5.74) is 2.39. The van der Waals surface area contributed by atoms with E-state index in [1.54, 1.807) is 43.0 Å². The number of carbonyl (C=O) groups is 2. The van der Waals surface area contributed by atoms with Gasteiger partial charge in [0.25, 0.3) is 5.91 Å². The Morgan fingerprint density at radius 3 is 2.47 bits per heavy atom. The van der Waals surface area contributed by atoms with E-state index in [9.17, 15) is 14.7 Å². The van der Waals surface area contributed by atoms with E-state index in [1.807, 2.05) is 18.4 Å². The third kappa shape index (κ3) is 6.76. The van der Waals surface area contributed by atoms with Gasteiger partial charge in [-0.15, -0.1) is 11.8 Å². The molecule has 2 atom stereocenters. The highest BCUT2D eigenvalue weighted by molar-refractivity contribution is 9.11. The Balaban J connectivity index is 2.29. The SMILES string of the molecule is CSc1ccc(NC(=O)O[C@H](c2cc(Br)cc(Br)c2O)[C@@H](C)/C=C/C(=O)NO)cc1. The first-order chi connectivity index (χ1) is 14.2. The molecule has 2 rings (SSSR count). The number of carbonyl (C=O) groups excluding carboxylic acids is 2. The monoisotopic (exact) mass is 558 g/mol. The van der Waals surface area contributed by atoms with E-state index in [0.29, 0.717) is 20.2 Å². The summed E-state index contributed by atoms with van der Waals surface area (Å²) in [6.45, 7) is 1.71. The van der Waals surface area contributed by atoms with E-state index in [4.69, 9.17) is 9.94 Å². The number of thioether (sulfide) groups is 1. The average Bonchev–Trinajstić information content (AvgIpc) is 2.73. The molecule has 2 aromatic carbocycles. The van der Waals surface area contributed by atoms with Gasteiger partial charge in [0.2, 0.25) is 0 Å². The lowest BCUT2D eigenvalue weighted by Gasteiger charge is -2.24. The molecule has 160 valence electrons. The van der Waals surface area contributed by atoms with Crippen molar-refractivity contribution in [2.45, 2.75) is 17.9 Å². The Morgan fingerprint density at radius 1 is 1.20 bits per heavy atom. The van der Waals surface area contributed by atoms with E-state index in [-0.39, 0.29) is 5.75 Å². The Labute approximate surface area is 195 Å². The van der Waals surface area contributed by atoms with Crippen LogP contribution in [0.25, 0.3) is 0 Å². The zero-order chi connectivity index (χ0) is 22.3. The Bertz CT molecular complexity index is 938. The molecule has 0 spiro atoms. The van der Waals surface area contributed by atoms with Crippen LogP contribution in [0.2, 0.25) is 0 Å². The molecule has 2 amide bonds. The molecule has 0 aliphatic heterocycles. The van der Waals surface area contributed by atoms with Gasteiger partial charge < -0.3 is 9.84 Å². The number of phenols is 1. The first-order valence-electron chi connectivity index (χ1n) is 8.67. The van der Waals surface area contributed by atoms with Crippen molar-refractivity contribution in [3.8, 4) is 5.75 Å². The molecule has 0 aromatic heterocycles. The van der Waals surface area contributed by atoms with Gasteiger partial charge in [-0.3, -0.25) is 15.3 Å². The third-order valence-electron chi connectivity index (χ3n) is 4.07. The standard InChI is InChI=1S/C20H20Br2N2O5S/c1-11(3-8-17(25)24-28)19(15-9-12(21)10-16(22)18(15)26)29-20(27)23-13-4-6-14(30-2)7-5-13/h3-11,19,26,28H,1-2H3,(H,23,27)(H,24,25)/b8-3+/t11-,19-/m0/s1. The van der Waals surface area contributed by atoms with Crippen LogP contribution < -0.4 is 10.8 Å². The van der Waals surface area contributed by atoms with Gasteiger partial charge in [0.15, 0.2) is 0 Å². The summed E-state index contributed by atoms with van der Waals surface area (Å²) in [6, 6.07) is 10.5. The Hall–Kier alpha value is -2.01. The number of hydroxylamine groups is 1. The predicted octanol–water partition coefficient (Wildman–Crippen LogP) is 5.63. The summed E-state index contributed by atoms with van der Waals surface area (Å²) in [6.07, 6.45) is 2.89. The number of amides is 2. The van der Waals surface area contributed by atoms with Crippen molar-refractivity contribution in [2.75, 3.05) is 11.6 Å². The fraction of sp³-hybridized carbons (Fsp3) is 0.200. The molecule has 0 heterocycles. The van der Waals surface area contributed by atoms with Gasteiger partial charge in [0.1, 0.15) is 11.9 Å². The summed E-state index contributed by atoms with van der Waals surface area (Å²) in [4.78, 5) is 24.9. The minimum absolute atomic E-state index is 0.0906. The molecule has 30 heavy (non-hydrogen) atoms. The van der Waals surface area contributed by atoms with Crippen LogP contribution in [0.5, 0.6) is 5.75 Å². The van der Waals surface area contributed by atoms with E-state index in [2.05, 4.69) is 37.2 Å². The molecule has 10 heteroatoms. The molecule has 0 aliphatic carbocycles. The molecule has 0 bridgehead atoms. The number of nitrogens with one attached hydrogen (secondary N) is 2. The molecule has 7 nitrogen and oxygen atoms in total. The molecule has 0 fully saturated rings. The third-order valence-corrected chi connectivity index (χ3v) is 5.88. The minimum atomic E-state index is -0.924. The van der Waals surface area contributed by atoms with Crippen LogP contribution in [0.1, 0.15) is 18.6 Å².